The fraction of sp³-hybridized carbons (Fsp3) is 0.750. The number of rotatable bonds is 6. The molecule has 0 bridgehead atoms. The van der Waals surface area contributed by atoms with E-state index in [2.05, 4.69) is 33.3 Å². The van der Waals surface area contributed by atoms with Crippen LogP contribution < -0.4 is 5.32 Å². The molecule has 0 atom stereocenters. The lowest BCUT2D eigenvalue weighted by atomic mass is 10.1. The number of aryl methyl sites for hydroxylation is 2. The lowest BCUT2D eigenvalue weighted by Gasteiger charge is -2.13. The molecule has 1 aromatic heterocycles. The van der Waals surface area contributed by atoms with E-state index in [1.807, 2.05) is 11.6 Å². The van der Waals surface area contributed by atoms with E-state index in [9.17, 15) is 0 Å². The minimum atomic E-state index is 0.375. The van der Waals surface area contributed by atoms with Crippen LogP contribution in [0.2, 0.25) is 0 Å². The summed E-state index contributed by atoms with van der Waals surface area (Å²) in [7, 11) is 0. The minimum Gasteiger partial charge on any atom is -0.311 e. The van der Waals surface area contributed by atoms with E-state index in [1.165, 1.54) is 18.5 Å². The minimum absolute atomic E-state index is 0.375. The largest absolute Gasteiger partial charge is 0.311 e. The summed E-state index contributed by atoms with van der Waals surface area (Å²) in [4.78, 5) is 0. The van der Waals surface area contributed by atoms with Crippen LogP contribution in [0.15, 0.2) is 4.47 Å². The van der Waals surface area contributed by atoms with Gasteiger partial charge in [0.15, 0.2) is 0 Å². The van der Waals surface area contributed by atoms with Crippen molar-refractivity contribution in [1.29, 1.82) is 0 Å². The Kier molecular flexibility index (Phi) is 4.16. The molecule has 0 spiro atoms. The summed E-state index contributed by atoms with van der Waals surface area (Å²) in [6, 6.07) is 0. The fourth-order valence-corrected chi connectivity index (χ4v) is 2.80. The number of nitrogens with one attached hydrogen (secondary N) is 1. The van der Waals surface area contributed by atoms with Crippen molar-refractivity contribution in [2.45, 2.75) is 39.8 Å². The smallest absolute Gasteiger partial charge is 0.0739 e. The zero-order valence-corrected chi connectivity index (χ0v) is 12.7. The van der Waals surface area contributed by atoms with Gasteiger partial charge in [0.25, 0.3) is 0 Å². The van der Waals surface area contributed by atoms with E-state index in [0.29, 0.717) is 5.41 Å². The summed E-state index contributed by atoms with van der Waals surface area (Å²) in [5, 5.41) is 7.99. The second kappa shape index (κ2) is 5.29. The number of hydrogen-bond donors (Lipinski definition) is 1. The summed E-state index contributed by atoms with van der Waals surface area (Å²) in [6.07, 6.45) is 2.52. The molecule has 0 aliphatic heterocycles. The van der Waals surface area contributed by atoms with Gasteiger partial charge in [-0.1, -0.05) is 0 Å². The highest BCUT2D eigenvalue weighted by Crippen LogP contribution is 2.45. The third kappa shape index (κ3) is 2.85. The molecule has 96 valence electrons. The first-order valence-corrected chi connectivity index (χ1v) is 7.43. The Hall–Kier alpha value is -0.0600. The highest BCUT2D eigenvalue weighted by Gasteiger charge is 2.41. The first-order chi connectivity index (χ1) is 8.12. The molecule has 5 heteroatoms. The van der Waals surface area contributed by atoms with Gasteiger partial charge in [0.05, 0.1) is 15.9 Å². The van der Waals surface area contributed by atoms with Gasteiger partial charge in [-0.25, -0.2) is 0 Å². The predicted molar refractivity (Wildman–Crippen MR) is 74.4 cm³/mol. The zero-order chi connectivity index (χ0) is 12.5. The van der Waals surface area contributed by atoms with Crippen molar-refractivity contribution in [2.24, 2.45) is 5.41 Å². The molecular formula is C12H19BrClN3. The van der Waals surface area contributed by atoms with E-state index in [1.54, 1.807) is 0 Å². The van der Waals surface area contributed by atoms with Crippen LogP contribution >= 0.6 is 27.5 Å². The van der Waals surface area contributed by atoms with Crippen molar-refractivity contribution in [3.05, 3.63) is 15.9 Å². The summed E-state index contributed by atoms with van der Waals surface area (Å²) in [5.74, 6) is 0.771. The van der Waals surface area contributed by atoms with Gasteiger partial charge in [-0.15, -0.1) is 11.6 Å². The van der Waals surface area contributed by atoms with Gasteiger partial charge in [0, 0.05) is 25.5 Å². The molecule has 1 aliphatic carbocycles. The lowest BCUT2D eigenvalue weighted by molar-refractivity contribution is 0.488. The molecule has 2 rings (SSSR count). The van der Waals surface area contributed by atoms with Crippen LogP contribution in [0.3, 0.4) is 0 Å². The Morgan fingerprint density at radius 1 is 1.53 bits per heavy atom. The summed E-state index contributed by atoms with van der Waals surface area (Å²) < 4.78 is 3.18. The van der Waals surface area contributed by atoms with Gasteiger partial charge in [-0.3, -0.25) is 4.68 Å². The summed E-state index contributed by atoms with van der Waals surface area (Å²) >= 11 is 9.57. The van der Waals surface area contributed by atoms with Gasteiger partial charge in [-0.05, 0) is 48.0 Å². The summed E-state index contributed by atoms with van der Waals surface area (Å²) in [6.45, 7) is 6.92. The third-order valence-electron chi connectivity index (χ3n) is 3.49. The van der Waals surface area contributed by atoms with Crippen LogP contribution in [0, 0.1) is 12.3 Å². The maximum atomic E-state index is 5.96. The van der Waals surface area contributed by atoms with Crippen LogP contribution in [0.5, 0.6) is 0 Å². The molecule has 1 aliphatic rings. The first kappa shape index (κ1) is 13.4. The Morgan fingerprint density at radius 2 is 2.24 bits per heavy atom. The van der Waals surface area contributed by atoms with Crippen LogP contribution in [0.1, 0.15) is 31.2 Å². The molecule has 0 saturated heterocycles. The van der Waals surface area contributed by atoms with Crippen molar-refractivity contribution >= 4 is 27.5 Å². The average Bonchev–Trinajstić information content (AvgIpc) is 3.06. The Bertz CT molecular complexity index is 399. The SMILES string of the molecule is CCn1nc(C)c(Br)c1CNCC1(CCl)CC1. The maximum Gasteiger partial charge on any atom is 0.0739 e. The first-order valence-electron chi connectivity index (χ1n) is 6.10. The van der Waals surface area contributed by atoms with Gasteiger partial charge in [-0.2, -0.15) is 5.10 Å². The molecule has 3 nitrogen and oxygen atoms in total. The fourth-order valence-electron chi connectivity index (χ4n) is 2.02. The second-order valence-corrected chi connectivity index (χ2v) is 5.96. The Labute approximate surface area is 116 Å². The predicted octanol–water partition coefficient (Wildman–Crippen LogP) is 3.08. The monoisotopic (exact) mass is 319 g/mol. The molecule has 1 aromatic rings. The average molecular weight is 321 g/mol. The highest BCUT2D eigenvalue weighted by molar-refractivity contribution is 9.10. The number of nitrogens with zero attached hydrogens (tertiary/aromatic N) is 2. The van der Waals surface area contributed by atoms with Crippen molar-refractivity contribution < 1.29 is 0 Å². The number of aromatic nitrogens is 2. The van der Waals surface area contributed by atoms with Crippen LogP contribution in [0.25, 0.3) is 0 Å². The normalized spacial score (nSPS) is 17.4. The van der Waals surface area contributed by atoms with Crippen LogP contribution in [0.4, 0.5) is 0 Å². The molecule has 0 amide bonds. The molecule has 1 fully saturated rings. The molecule has 1 saturated carbocycles. The lowest BCUT2D eigenvalue weighted by Crippen LogP contribution is -2.26. The topological polar surface area (TPSA) is 29.9 Å². The Morgan fingerprint density at radius 3 is 2.76 bits per heavy atom. The van der Waals surface area contributed by atoms with Crippen LogP contribution in [-0.4, -0.2) is 22.2 Å². The number of alkyl halides is 1. The van der Waals surface area contributed by atoms with Gasteiger partial charge >= 0.3 is 0 Å². The van der Waals surface area contributed by atoms with Crippen LogP contribution in [-0.2, 0) is 13.1 Å². The maximum absolute atomic E-state index is 5.96. The van der Waals surface area contributed by atoms with Gasteiger partial charge in [0.1, 0.15) is 0 Å². The molecule has 0 unspecified atom stereocenters. The van der Waals surface area contributed by atoms with Crippen molar-refractivity contribution in [3.8, 4) is 0 Å². The van der Waals surface area contributed by atoms with E-state index in [-0.39, 0.29) is 0 Å². The molecule has 1 heterocycles. The molecular weight excluding hydrogens is 302 g/mol. The summed E-state index contributed by atoms with van der Waals surface area (Å²) in [5.41, 5.74) is 2.66. The molecule has 17 heavy (non-hydrogen) atoms. The van der Waals surface area contributed by atoms with E-state index >= 15 is 0 Å². The van der Waals surface area contributed by atoms with Crippen molar-refractivity contribution in [3.63, 3.8) is 0 Å². The van der Waals surface area contributed by atoms with E-state index in [0.717, 1.165) is 35.7 Å². The number of halogens is 2. The van der Waals surface area contributed by atoms with Gasteiger partial charge in [0.2, 0.25) is 0 Å². The zero-order valence-electron chi connectivity index (χ0n) is 10.4. The Balaban J connectivity index is 1.94. The third-order valence-corrected chi connectivity index (χ3v) is 5.08. The van der Waals surface area contributed by atoms with E-state index < -0.39 is 0 Å². The molecule has 1 N–H and O–H groups in total. The highest BCUT2D eigenvalue weighted by atomic mass is 79.9. The standard InChI is InChI=1S/C12H19BrClN3/c1-3-17-10(11(13)9(2)16-17)6-15-8-12(7-14)4-5-12/h15H,3-8H2,1-2H3. The van der Waals surface area contributed by atoms with Crippen molar-refractivity contribution in [1.82, 2.24) is 15.1 Å². The quantitative estimate of drug-likeness (QED) is 0.816. The molecule has 0 aromatic carbocycles. The van der Waals surface area contributed by atoms with E-state index in [4.69, 9.17) is 11.6 Å². The molecule has 0 radical (unpaired) electrons. The van der Waals surface area contributed by atoms with Gasteiger partial charge < -0.3 is 5.32 Å². The second-order valence-electron chi connectivity index (χ2n) is 4.90. The number of hydrogen-bond acceptors (Lipinski definition) is 2. The van der Waals surface area contributed by atoms with Crippen molar-refractivity contribution in [2.75, 3.05) is 12.4 Å².